The lowest BCUT2D eigenvalue weighted by Crippen LogP contribution is -2.38. The first-order chi connectivity index (χ1) is 7.38. The smallest absolute Gasteiger partial charge is 0.0925 e. The quantitative estimate of drug-likeness (QED) is 0.850. The Labute approximate surface area is 96.1 Å². The van der Waals surface area contributed by atoms with Crippen molar-refractivity contribution < 1.29 is 0 Å². The number of nitrogens with zero attached hydrogens (tertiary/aromatic N) is 1. The van der Waals surface area contributed by atoms with E-state index in [0.29, 0.717) is 0 Å². The molecule has 0 bridgehead atoms. The van der Waals surface area contributed by atoms with Crippen LogP contribution in [-0.2, 0) is 6.42 Å². The zero-order valence-corrected chi connectivity index (χ0v) is 10.2. The average molecular weight is 224 g/mol. The number of hydrogen-bond donors (Lipinski definition) is 1. The third kappa shape index (κ3) is 3.28. The van der Waals surface area contributed by atoms with Crippen LogP contribution in [0.1, 0.15) is 37.6 Å². The third-order valence-corrected chi connectivity index (χ3v) is 4.21. The predicted molar refractivity (Wildman–Crippen MR) is 65.2 cm³/mol. The largest absolute Gasteiger partial charge is 0.314 e. The maximum Gasteiger partial charge on any atom is 0.0925 e. The standard InChI is InChI=1S/C12H20N2S/c1-2-10-5-6-13-11(9-10)3-4-12-14-7-8-15-12/h7-8,10-11,13H,2-6,9H2,1H3. The Balaban J connectivity index is 1.74. The Hall–Kier alpha value is -0.410. The van der Waals surface area contributed by atoms with Gasteiger partial charge in [0.1, 0.15) is 0 Å². The van der Waals surface area contributed by atoms with Gasteiger partial charge >= 0.3 is 0 Å². The van der Waals surface area contributed by atoms with Crippen LogP contribution in [0.4, 0.5) is 0 Å². The molecule has 0 saturated carbocycles. The first kappa shape index (κ1) is 11.1. The molecule has 2 heterocycles. The van der Waals surface area contributed by atoms with Crippen LogP contribution in [0.2, 0.25) is 0 Å². The van der Waals surface area contributed by atoms with Crippen LogP contribution >= 0.6 is 11.3 Å². The molecule has 1 aliphatic rings. The zero-order chi connectivity index (χ0) is 10.5. The second kappa shape index (κ2) is 5.61. The van der Waals surface area contributed by atoms with Crippen molar-refractivity contribution in [1.29, 1.82) is 0 Å². The van der Waals surface area contributed by atoms with Crippen molar-refractivity contribution in [1.82, 2.24) is 10.3 Å². The van der Waals surface area contributed by atoms with Gasteiger partial charge in [-0.25, -0.2) is 4.98 Å². The van der Waals surface area contributed by atoms with E-state index in [0.717, 1.165) is 18.4 Å². The highest BCUT2D eigenvalue weighted by molar-refractivity contribution is 7.09. The molecule has 3 heteroatoms. The molecule has 1 aliphatic heterocycles. The molecule has 0 aromatic carbocycles. The number of piperidine rings is 1. The Kier molecular flexibility index (Phi) is 4.15. The van der Waals surface area contributed by atoms with Gasteiger partial charge in [0.05, 0.1) is 5.01 Å². The second-order valence-electron chi connectivity index (χ2n) is 4.41. The SMILES string of the molecule is CCC1CCNC(CCc2nccs2)C1. The first-order valence-corrected chi connectivity index (χ1v) is 6.88. The third-order valence-electron chi connectivity index (χ3n) is 3.37. The van der Waals surface area contributed by atoms with Crippen LogP contribution in [0.3, 0.4) is 0 Å². The molecule has 1 N–H and O–H groups in total. The van der Waals surface area contributed by atoms with Crippen LogP contribution in [0.15, 0.2) is 11.6 Å². The van der Waals surface area contributed by atoms with E-state index in [1.54, 1.807) is 11.3 Å². The number of thiazole rings is 1. The highest BCUT2D eigenvalue weighted by Crippen LogP contribution is 2.22. The summed E-state index contributed by atoms with van der Waals surface area (Å²) in [6.07, 6.45) is 8.38. The molecule has 15 heavy (non-hydrogen) atoms. The van der Waals surface area contributed by atoms with E-state index in [9.17, 15) is 0 Å². The van der Waals surface area contributed by atoms with Gasteiger partial charge in [-0.1, -0.05) is 13.3 Å². The van der Waals surface area contributed by atoms with E-state index < -0.39 is 0 Å². The summed E-state index contributed by atoms with van der Waals surface area (Å²) >= 11 is 1.78. The monoisotopic (exact) mass is 224 g/mol. The summed E-state index contributed by atoms with van der Waals surface area (Å²) in [7, 11) is 0. The van der Waals surface area contributed by atoms with Crippen LogP contribution in [0.5, 0.6) is 0 Å². The normalized spacial score (nSPS) is 26.7. The fraction of sp³-hybridized carbons (Fsp3) is 0.750. The van der Waals surface area contributed by atoms with Crippen molar-refractivity contribution in [3.05, 3.63) is 16.6 Å². The number of hydrogen-bond acceptors (Lipinski definition) is 3. The van der Waals surface area contributed by atoms with Gasteiger partial charge in [-0.15, -0.1) is 11.3 Å². The van der Waals surface area contributed by atoms with Crippen molar-refractivity contribution in [3.8, 4) is 0 Å². The van der Waals surface area contributed by atoms with E-state index >= 15 is 0 Å². The number of rotatable bonds is 4. The molecule has 1 saturated heterocycles. The van der Waals surface area contributed by atoms with Crippen LogP contribution in [0, 0.1) is 5.92 Å². The summed E-state index contributed by atoms with van der Waals surface area (Å²) in [4.78, 5) is 4.33. The summed E-state index contributed by atoms with van der Waals surface area (Å²) in [6.45, 7) is 3.52. The molecule has 1 aromatic heterocycles. The average Bonchev–Trinajstić information content (AvgIpc) is 2.79. The van der Waals surface area contributed by atoms with E-state index in [1.165, 1.54) is 37.2 Å². The Bertz CT molecular complexity index is 271. The summed E-state index contributed by atoms with van der Waals surface area (Å²) < 4.78 is 0. The van der Waals surface area contributed by atoms with Gasteiger partial charge in [0.25, 0.3) is 0 Å². The number of aryl methyl sites for hydroxylation is 1. The van der Waals surface area contributed by atoms with Crippen LogP contribution in [-0.4, -0.2) is 17.6 Å². The Morgan fingerprint density at radius 3 is 3.27 bits per heavy atom. The molecule has 84 valence electrons. The molecule has 0 spiro atoms. The van der Waals surface area contributed by atoms with E-state index in [2.05, 4.69) is 22.6 Å². The molecule has 0 amide bonds. The van der Waals surface area contributed by atoms with Crippen molar-refractivity contribution in [2.75, 3.05) is 6.54 Å². The Morgan fingerprint density at radius 1 is 1.60 bits per heavy atom. The summed E-state index contributed by atoms with van der Waals surface area (Å²) in [5.74, 6) is 0.951. The topological polar surface area (TPSA) is 24.9 Å². The maximum atomic E-state index is 4.33. The minimum Gasteiger partial charge on any atom is -0.314 e. The lowest BCUT2D eigenvalue weighted by atomic mass is 9.88. The summed E-state index contributed by atoms with van der Waals surface area (Å²) in [6, 6.07) is 0.729. The van der Waals surface area contributed by atoms with Crippen LogP contribution < -0.4 is 5.32 Å². The highest BCUT2D eigenvalue weighted by Gasteiger charge is 2.19. The first-order valence-electron chi connectivity index (χ1n) is 6.00. The zero-order valence-electron chi connectivity index (χ0n) is 9.41. The molecular weight excluding hydrogens is 204 g/mol. The number of nitrogens with one attached hydrogen (secondary N) is 1. The van der Waals surface area contributed by atoms with E-state index in [-0.39, 0.29) is 0 Å². The van der Waals surface area contributed by atoms with Gasteiger partial charge in [-0.2, -0.15) is 0 Å². The molecule has 2 nitrogen and oxygen atoms in total. The Morgan fingerprint density at radius 2 is 2.53 bits per heavy atom. The van der Waals surface area contributed by atoms with Gasteiger partial charge < -0.3 is 5.32 Å². The molecule has 2 rings (SSSR count). The highest BCUT2D eigenvalue weighted by atomic mass is 32.1. The fourth-order valence-electron chi connectivity index (χ4n) is 2.36. The fourth-order valence-corrected chi connectivity index (χ4v) is 3.00. The van der Waals surface area contributed by atoms with Crippen molar-refractivity contribution in [2.45, 2.75) is 45.1 Å². The van der Waals surface area contributed by atoms with Crippen molar-refractivity contribution in [3.63, 3.8) is 0 Å². The van der Waals surface area contributed by atoms with Gasteiger partial charge in [0.15, 0.2) is 0 Å². The van der Waals surface area contributed by atoms with Gasteiger partial charge in [-0.3, -0.25) is 0 Å². The minimum atomic E-state index is 0.729. The lowest BCUT2D eigenvalue weighted by molar-refractivity contribution is 0.285. The summed E-state index contributed by atoms with van der Waals surface area (Å²) in [5, 5.41) is 6.98. The van der Waals surface area contributed by atoms with Crippen molar-refractivity contribution >= 4 is 11.3 Å². The number of aromatic nitrogens is 1. The van der Waals surface area contributed by atoms with Gasteiger partial charge in [-0.05, 0) is 31.7 Å². The summed E-state index contributed by atoms with van der Waals surface area (Å²) in [5.41, 5.74) is 0. The minimum absolute atomic E-state index is 0.729. The molecule has 1 aromatic rings. The van der Waals surface area contributed by atoms with Crippen molar-refractivity contribution in [2.24, 2.45) is 5.92 Å². The van der Waals surface area contributed by atoms with Gasteiger partial charge in [0, 0.05) is 24.0 Å². The molecule has 0 radical (unpaired) electrons. The molecule has 2 unspecified atom stereocenters. The molecule has 1 fully saturated rings. The van der Waals surface area contributed by atoms with E-state index in [1.807, 2.05) is 6.20 Å². The second-order valence-corrected chi connectivity index (χ2v) is 5.39. The maximum absolute atomic E-state index is 4.33. The van der Waals surface area contributed by atoms with E-state index in [4.69, 9.17) is 0 Å². The lowest BCUT2D eigenvalue weighted by Gasteiger charge is -2.29. The van der Waals surface area contributed by atoms with Gasteiger partial charge in [0.2, 0.25) is 0 Å². The van der Waals surface area contributed by atoms with Crippen LogP contribution in [0.25, 0.3) is 0 Å². The molecule has 2 atom stereocenters. The molecular formula is C12H20N2S. The predicted octanol–water partition coefficient (Wildman–Crippen LogP) is 2.85. The molecule has 0 aliphatic carbocycles.